The number of rotatable bonds is 7. The molecule has 0 aliphatic rings. The fourth-order valence-corrected chi connectivity index (χ4v) is 3.11. The van der Waals surface area contributed by atoms with E-state index >= 15 is 0 Å². The monoisotopic (exact) mass is 343 g/mol. The van der Waals surface area contributed by atoms with Crippen LogP contribution in [0.4, 0.5) is 0 Å². The molecule has 2 aromatic rings. The van der Waals surface area contributed by atoms with Crippen LogP contribution in [0.5, 0.6) is 11.5 Å². The first-order valence-corrected chi connectivity index (χ1v) is 8.24. The first-order valence-electron chi connectivity index (χ1n) is 7.42. The second-order valence-corrected chi connectivity index (χ2v) is 6.41. The summed E-state index contributed by atoms with van der Waals surface area (Å²) < 4.78 is 10.5. The molecule has 24 heavy (non-hydrogen) atoms. The lowest BCUT2D eigenvalue weighted by molar-refractivity contribution is 0.104. The lowest BCUT2D eigenvalue weighted by Crippen LogP contribution is -2.08. The molecule has 0 unspecified atom stereocenters. The quantitative estimate of drug-likeness (QED) is 0.430. The van der Waals surface area contributed by atoms with Gasteiger partial charge in [-0.25, -0.2) is 0 Å². The Balaban J connectivity index is 2.32. The van der Waals surface area contributed by atoms with Gasteiger partial charge in [0.1, 0.15) is 11.5 Å². The highest BCUT2D eigenvalue weighted by Gasteiger charge is 2.15. The number of carbonyl (C=O) groups excluding carboxylic acids is 1. The van der Waals surface area contributed by atoms with Crippen molar-refractivity contribution in [2.75, 3.05) is 28.3 Å². The van der Waals surface area contributed by atoms with Gasteiger partial charge in [0, 0.05) is 30.8 Å². The Labute approximate surface area is 147 Å². The zero-order valence-electron chi connectivity index (χ0n) is 14.3. The standard InChI is InChI=1S/C19H21NO3S/c1-20(2)13-18(24-17-10-6-9-16(12-17)23-4)19(21)14-7-5-8-15(11-14)22-3/h5-13H,1-4H3/b18-13-. The second kappa shape index (κ2) is 8.45. The molecule has 2 rings (SSSR count). The summed E-state index contributed by atoms with van der Waals surface area (Å²) in [5.41, 5.74) is 0.595. The summed E-state index contributed by atoms with van der Waals surface area (Å²) in [6, 6.07) is 14.8. The van der Waals surface area contributed by atoms with Gasteiger partial charge in [-0.15, -0.1) is 0 Å². The number of allylic oxidation sites excluding steroid dienone is 1. The van der Waals surface area contributed by atoms with Crippen LogP contribution < -0.4 is 9.47 Å². The molecule has 0 amide bonds. The van der Waals surface area contributed by atoms with E-state index in [1.807, 2.05) is 61.6 Å². The first-order chi connectivity index (χ1) is 11.5. The van der Waals surface area contributed by atoms with Crippen LogP contribution in [0, 0.1) is 0 Å². The molecule has 0 aliphatic carbocycles. The average Bonchev–Trinajstić information content (AvgIpc) is 2.60. The Morgan fingerprint density at radius 1 is 1.00 bits per heavy atom. The number of ketones is 1. The molecule has 0 spiro atoms. The van der Waals surface area contributed by atoms with Gasteiger partial charge in [0.15, 0.2) is 0 Å². The van der Waals surface area contributed by atoms with Gasteiger partial charge in [0.05, 0.1) is 19.1 Å². The van der Waals surface area contributed by atoms with E-state index in [4.69, 9.17) is 9.47 Å². The maximum absolute atomic E-state index is 12.9. The number of hydrogen-bond donors (Lipinski definition) is 0. The van der Waals surface area contributed by atoms with Gasteiger partial charge in [0.2, 0.25) is 5.78 Å². The average molecular weight is 343 g/mol. The Bertz CT molecular complexity index is 741. The van der Waals surface area contributed by atoms with Crippen LogP contribution in [0.25, 0.3) is 0 Å². The molecule has 0 atom stereocenters. The van der Waals surface area contributed by atoms with Crippen LogP contribution >= 0.6 is 11.8 Å². The van der Waals surface area contributed by atoms with E-state index in [1.165, 1.54) is 11.8 Å². The molecule has 0 saturated heterocycles. The maximum Gasteiger partial charge on any atom is 0.201 e. The van der Waals surface area contributed by atoms with Gasteiger partial charge in [-0.3, -0.25) is 4.79 Å². The normalized spacial score (nSPS) is 11.1. The number of ether oxygens (including phenoxy) is 2. The third-order valence-corrected chi connectivity index (χ3v) is 4.20. The van der Waals surface area contributed by atoms with E-state index in [1.54, 1.807) is 26.4 Å². The Morgan fingerprint density at radius 2 is 1.62 bits per heavy atom. The van der Waals surface area contributed by atoms with Crippen molar-refractivity contribution in [2.45, 2.75) is 4.90 Å². The van der Waals surface area contributed by atoms with Gasteiger partial charge in [-0.2, -0.15) is 0 Å². The van der Waals surface area contributed by atoms with Crippen LogP contribution in [0.1, 0.15) is 10.4 Å². The van der Waals surface area contributed by atoms with E-state index in [9.17, 15) is 4.79 Å². The predicted octanol–water partition coefficient (Wildman–Crippen LogP) is 4.08. The molecular formula is C19H21NO3S. The molecule has 4 nitrogen and oxygen atoms in total. The van der Waals surface area contributed by atoms with Crippen LogP contribution in [0.2, 0.25) is 0 Å². The number of carbonyl (C=O) groups is 1. The lowest BCUT2D eigenvalue weighted by atomic mass is 10.1. The Kier molecular flexibility index (Phi) is 6.32. The van der Waals surface area contributed by atoms with Crippen LogP contribution in [-0.2, 0) is 0 Å². The zero-order valence-corrected chi connectivity index (χ0v) is 15.1. The molecule has 0 bridgehead atoms. The smallest absolute Gasteiger partial charge is 0.201 e. The third kappa shape index (κ3) is 4.80. The van der Waals surface area contributed by atoms with Crippen molar-refractivity contribution in [3.8, 4) is 11.5 Å². The Hall–Kier alpha value is -2.40. The lowest BCUT2D eigenvalue weighted by Gasteiger charge is -2.12. The second-order valence-electron chi connectivity index (χ2n) is 5.30. The molecule has 5 heteroatoms. The highest BCUT2D eigenvalue weighted by atomic mass is 32.2. The van der Waals surface area contributed by atoms with Crippen LogP contribution in [-0.4, -0.2) is 39.0 Å². The summed E-state index contributed by atoms with van der Waals surface area (Å²) in [6.45, 7) is 0. The van der Waals surface area contributed by atoms with Gasteiger partial charge >= 0.3 is 0 Å². The van der Waals surface area contributed by atoms with Crippen molar-refractivity contribution in [1.82, 2.24) is 4.90 Å². The van der Waals surface area contributed by atoms with Gasteiger partial charge in [0.25, 0.3) is 0 Å². The fraction of sp³-hybridized carbons (Fsp3) is 0.211. The summed E-state index contributed by atoms with van der Waals surface area (Å²) in [7, 11) is 7.00. The van der Waals surface area contributed by atoms with E-state index in [-0.39, 0.29) is 5.78 Å². The summed E-state index contributed by atoms with van der Waals surface area (Å²) in [5.74, 6) is 1.38. The summed E-state index contributed by atoms with van der Waals surface area (Å²) in [5, 5.41) is 0. The van der Waals surface area contributed by atoms with Gasteiger partial charge in [-0.1, -0.05) is 30.0 Å². The highest BCUT2D eigenvalue weighted by molar-refractivity contribution is 8.04. The van der Waals surface area contributed by atoms with E-state index < -0.39 is 0 Å². The predicted molar refractivity (Wildman–Crippen MR) is 97.9 cm³/mol. The number of methoxy groups -OCH3 is 2. The van der Waals surface area contributed by atoms with E-state index in [0.717, 1.165) is 10.6 Å². The van der Waals surface area contributed by atoms with Crippen LogP contribution in [0.3, 0.4) is 0 Å². The van der Waals surface area contributed by atoms with Gasteiger partial charge < -0.3 is 14.4 Å². The number of thioether (sulfide) groups is 1. The van der Waals surface area contributed by atoms with Crippen molar-refractivity contribution >= 4 is 17.5 Å². The molecule has 2 aromatic carbocycles. The molecule has 0 fully saturated rings. The highest BCUT2D eigenvalue weighted by Crippen LogP contribution is 2.32. The Morgan fingerprint density at radius 3 is 2.25 bits per heavy atom. The minimum atomic E-state index is -0.0459. The van der Waals surface area contributed by atoms with Crippen molar-refractivity contribution in [2.24, 2.45) is 0 Å². The third-order valence-electron chi connectivity index (χ3n) is 3.20. The summed E-state index contributed by atoms with van der Waals surface area (Å²) in [6.07, 6.45) is 1.83. The largest absolute Gasteiger partial charge is 0.497 e. The van der Waals surface area contributed by atoms with E-state index in [0.29, 0.717) is 16.2 Å². The molecule has 0 saturated carbocycles. The topological polar surface area (TPSA) is 38.8 Å². The number of hydrogen-bond acceptors (Lipinski definition) is 5. The van der Waals surface area contributed by atoms with Crippen molar-refractivity contribution < 1.29 is 14.3 Å². The molecular weight excluding hydrogens is 322 g/mol. The summed E-state index contributed by atoms with van der Waals surface area (Å²) >= 11 is 1.41. The van der Waals surface area contributed by atoms with Gasteiger partial charge in [-0.05, 0) is 30.3 Å². The fourth-order valence-electron chi connectivity index (χ4n) is 2.06. The number of benzene rings is 2. The van der Waals surface area contributed by atoms with Crippen molar-refractivity contribution in [3.05, 3.63) is 65.2 Å². The molecule has 0 aromatic heterocycles. The molecule has 0 N–H and O–H groups in total. The van der Waals surface area contributed by atoms with E-state index in [2.05, 4.69) is 0 Å². The first kappa shape index (κ1) is 17.9. The van der Waals surface area contributed by atoms with Crippen molar-refractivity contribution in [1.29, 1.82) is 0 Å². The number of Topliss-reactive ketones (excluding diaryl/α,β-unsaturated/α-hetero) is 1. The maximum atomic E-state index is 12.9. The van der Waals surface area contributed by atoms with Crippen LogP contribution in [0.15, 0.2) is 64.5 Å². The van der Waals surface area contributed by atoms with Crippen molar-refractivity contribution in [3.63, 3.8) is 0 Å². The SMILES string of the molecule is COc1cccc(S/C(=C\N(C)C)C(=O)c2cccc(OC)c2)c1. The molecule has 0 radical (unpaired) electrons. The molecule has 0 heterocycles. The minimum absolute atomic E-state index is 0.0459. The zero-order chi connectivity index (χ0) is 17.5. The summed E-state index contributed by atoms with van der Waals surface area (Å²) in [4.78, 5) is 16.3. The number of nitrogens with zero attached hydrogens (tertiary/aromatic N) is 1. The molecule has 126 valence electrons. The molecule has 0 aliphatic heterocycles. The minimum Gasteiger partial charge on any atom is -0.497 e.